The largest absolute Gasteiger partial charge is 0.493 e. The normalized spacial score (nSPS) is 11.0. The van der Waals surface area contributed by atoms with Crippen molar-refractivity contribution in [1.82, 2.24) is 19.8 Å². The third kappa shape index (κ3) is 3.50. The first-order chi connectivity index (χ1) is 13.7. The van der Waals surface area contributed by atoms with Crippen LogP contribution in [-0.4, -0.2) is 34.0 Å². The molecular weight excluding hydrogens is 379 g/mol. The predicted octanol–water partition coefficient (Wildman–Crippen LogP) is 4.24. The molecule has 2 aromatic heterocycles. The molecule has 0 saturated heterocycles. The Kier molecular flexibility index (Phi) is 5.12. The molecule has 0 aliphatic heterocycles. The highest BCUT2D eigenvalue weighted by Crippen LogP contribution is 2.32. The Balaban J connectivity index is 1.66. The number of hydrogen-bond donors (Lipinski definition) is 0. The van der Waals surface area contributed by atoms with Crippen molar-refractivity contribution >= 4 is 17.4 Å². The van der Waals surface area contributed by atoms with Gasteiger partial charge in [-0.3, -0.25) is 0 Å². The lowest BCUT2D eigenvalue weighted by Crippen LogP contribution is -1.98. The first-order valence-corrected chi connectivity index (χ1v) is 9.49. The molecule has 0 N–H and O–H groups in total. The van der Waals surface area contributed by atoms with Crippen LogP contribution in [-0.2, 0) is 5.75 Å². The fourth-order valence-corrected chi connectivity index (χ4v) is 3.61. The highest BCUT2D eigenvalue weighted by molar-refractivity contribution is 7.98. The molecule has 2 aromatic carbocycles. The van der Waals surface area contributed by atoms with Crippen LogP contribution in [0.15, 0.2) is 59.6 Å². The molecule has 0 unspecified atom stereocenters. The number of aromatic nitrogens is 4. The van der Waals surface area contributed by atoms with Crippen molar-refractivity contribution in [1.29, 1.82) is 0 Å². The monoisotopic (exact) mass is 396 g/mol. The molecule has 28 heavy (non-hydrogen) atoms. The summed E-state index contributed by atoms with van der Waals surface area (Å²) in [7, 11) is 3.17. The van der Waals surface area contributed by atoms with Gasteiger partial charge in [0.25, 0.3) is 0 Å². The number of ether oxygens (including phenoxy) is 2. The summed E-state index contributed by atoms with van der Waals surface area (Å²) in [5.74, 6) is 2.09. The smallest absolute Gasteiger partial charge is 0.185 e. The van der Waals surface area contributed by atoms with Crippen LogP contribution in [0.4, 0.5) is 4.39 Å². The van der Waals surface area contributed by atoms with E-state index in [0.29, 0.717) is 34.3 Å². The second-order valence-corrected chi connectivity index (χ2v) is 6.91. The lowest BCUT2D eigenvalue weighted by molar-refractivity contribution is 0.355. The van der Waals surface area contributed by atoms with Gasteiger partial charge in [0.05, 0.1) is 14.2 Å². The van der Waals surface area contributed by atoms with Crippen LogP contribution < -0.4 is 9.47 Å². The Labute approximate surface area is 165 Å². The molecule has 8 heteroatoms. The third-order valence-corrected chi connectivity index (χ3v) is 5.18. The van der Waals surface area contributed by atoms with E-state index in [4.69, 9.17) is 9.47 Å². The van der Waals surface area contributed by atoms with E-state index in [0.717, 1.165) is 10.6 Å². The number of methoxy groups -OCH3 is 2. The van der Waals surface area contributed by atoms with E-state index in [1.807, 2.05) is 36.4 Å². The lowest BCUT2D eigenvalue weighted by Gasteiger charge is -2.09. The second-order valence-electron chi connectivity index (χ2n) is 5.92. The Bertz CT molecular complexity index is 1130. The number of hydrogen-bond acceptors (Lipinski definition) is 6. The van der Waals surface area contributed by atoms with E-state index in [-0.39, 0.29) is 5.82 Å². The number of benzene rings is 2. The first-order valence-electron chi connectivity index (χ1n) is 8.50. The summed E-state index contributed by atoms with van der Waals surface area (Å²) in [6.07, 6.45) is 0. The van der Waals surface area contributed by atoms with Crippen molar-refractivity contribution in [3.8, 4) is 22.9 Å². The molecule has 0 aliphatic rings. The first kappa shape index (κ1) is 18.2. The minimum atomic E-state index is -0.216. The molecule has 0 bridgehead atoms. The molecule has 2 heterocycles. The highest BCUT2D eigenvalue weighted by atomic mass is 32.2. The Hall–Kier alpha value is -3.13. The van der Waals surface area contributed by atoms with Crippen LogP contribution in [0.5, 0.6) is 11.5 Å². The maximum atomic E-state index is 13.8. The number of thioether (sulfide) groups is 1. The van der Waals surface area contributed by atoms with Crippen molar-refractivity contribution < 1.29 is 13.9 Å². The quantitative estimate of drug-likeness (QED) is 0.454. The van der Waals surface area contributed by atoms with Crippen molar-refractivity contribution in [3.63, 3.8) is 0 Å². The summed E-state index contributed by atoms with van der Waals surface area (Å²) in [6.45, 7) is 0. The fourth-order valence-electron chi connectivity index (χ4n) is 2.77. The summed E-state index contributed by atoms with van der Waals surface area (Å²) in [4.78, 5) is 0. The molecule has 0 fully saturated rings. The van der Waals surface area contributed by atoms with Crippen LogP contribution in [0.25, 0.3) is 17.0 Å². The zero-order valence-electron chi connectivity index (χ0n) is 15.3. The summed E-state index contributed by atoms with van der Waals surface area (Å²) in [5, 5.41) is 13.8. The summed E-state index contributed by atoms with van der Waals surface area (Å²) < 4.78 is 26.2. The van der Waals surface area contributed by atoms with E-state index in [1.54, 1.807) is 30.9 Å². The third-order valence-electron chi connectivity index (χ3n) is 4.21. The molecule has 4 rings (SSSR count). The summed E-state index contributed by atoms with van der Waals surface area (Å²) in [5.41, 5.74) is 2.06. The molecule has 0 amide bonds. The second kappa shape index (κ2) is 7.85. The number of rotatable bonds is 6. The molecule has 0 saturated carbocycles. The van der Waals surface area contributed by atoms with Crippen molar-refractivity contribution in [2.45, 2.75) is 10.8 Å². The summed E-state index contributed by atoms with van der Waals surface area (Å²) in [6, 6.07) is 15.9. The predicted molar refractivity (Wildman–Crippen MR) is 105 cm³/mol. The van der Waals surface area contributed by atoms with E-state index < -0.39 is 0 Å². The highest BCUT2D eigenvalue weighted by Gasteiger charge is 2.13. The van der Waals surface area contributed by atoms with Gasteiger partial charge in [-0.2, -0.15) is 9.61 Å². The lowest BCUT2D eigenvalue weighted by atomic mass is 10.2. The van der Waals surface area contributed by atoms with Gasteiger partial charge in [0.1, 0.15) is 10.8 Å². The van der Waals surface area contributed by atoms with Crippen LogP contribution in [0.1, 0.15) is 5.56 Å². The average molecular weight is 396 g/mol. The molecule has 142 valence electrons. The zero-order valence-corrected chi connectivity index (χ0v) is 16.1. The van der Waals surface area contributed by atoms with Gasteiger partial charge in [-0.25, -0.2) is 4.39 Å². The Morgan fingerprint density at radius 3 is 2.57 bits per heavy atom. The molecule has 0 aliphatic carbocycles. The van der Waals surface area contributed by atoms with Gasteiger partial charge in [-0.05, 0) is 42.0 Å². The molecule has 0 spiro atoms. The number of nitrogens with zero attached hydrogens (tertiary/aromatic N) is 4. The molecule has 4 aromatic rings. The van der Waals surface area contributed by atoms with Crippen LogP contribution in [0, 0.1) is 5.82 Å². The summed E-state index contributed by atoms with van der Waals surface area (Å²) >= 11 is 1.45. The van der Waals surface area contributed by atoms with Gasteiger partial charge in [-0.1, -0.05) is 30.0 Å². The zero-order chi connectivity index (χ0) is 19.5. The standard InChI is InChI=1S/C20H17FN4O2S/c1-26-16-8-7-13(11-17(16)27-2)20-23-22-18-9-10-19(24-25(18)20)28-12-14-5-3-4-6-15(14)21/h3-11H,12H2,1-2H3. The molecule has 0 atom stereocenters. The average Bonchev–Trinajstić information content (AvgIpc) is 3.16. The SMILES string of the molecule is COc1ccc(-c2nnc3ccc(SCc4ccccc4F)nn23)cc1OC. The van der Waals surface area contributed by atoms with Crippen molar-refractivity contribution in [2.75, 3.05) is 14.2 Å². The van der Waals surface area contributed by atoms with Gasteiger partial charge in [0.2, 0.25) is 0 Å². The van der Waals surface area contributed by atoms with E-state index in [1.165, 1.54) is 17.8 Å². The van der Waals surface area contributed by atoms with Gasteiger partial charge >= 0.3 is 0 Å². The van der Waals surface area contributed by atoms with Crippen molar-refractivity contribution in [3.05, 3.63) is 66.0 Å². The molecular formula is C20H17FN4O2S. The van der Waals surface area contributed by atoms with E-state index in [9.17, 15) is 4.39 Å². The topological polar surface area (TPSA) is 61.5 Å². The van der Waals surface area contributed by atoms with Gasteiger partial charge in [0.15, 0.2) is 23.0 Å². The Morgan fingerprint density at radius 1 is 0.964 bits per heavy atom. The van der Waals surface area contributed by atoms with Gasteiger partial charge in [-0.15, -0.1) is 10.2 Å². The van der Waals surface area contributed by atoms with E-state index >= 15 is 0 Å². The molecule has 6 nitrogen and oxygen atoms in total. The fraction of sp³-hybridized carbons (Fsp3) is 0.150. The molecule has 0 radical (unpaired) electrons. The number of fused-ring (bicyclic) bond motifs is 1. The Morgan fingerprint density at radius 2 is 1.79 bits per heavy atom. The maximum Gasteiger partial charge on any atom is 0.185 e. The van der Waals surface area contributed by atoms with Crippen molar-refractivity contribution in [2.24, 2.45) is 0 Å². The van der Waals surface area contributed by atoms with Gasteiger partial charge in [0, 0.05) is 11.3 Å². The van der Waals surface area contributed by atoms with Crippen LogP contribution in [0.2, 0.25) is 0 Å². The minimum absolute atomic E-state index is 0.216. The maximum absolute atomic E-state index is 13.8. The number of halogens is 1. The van der Waals surface area contributed by atoms with E-state index in [2.05, 4.69) is 15.3 Å². The van der Waals surface area contributed by atoms with Gasteiger partial charge < -0.3 is 9.47 Å². The minimum Gasteiger partial charge on any atom is -0.493 e. The van der Waals surface area contributed by atoms with Crippen LogP contribution >= 0.6 is 11.8 Å². The van der Waals surface area contributed by atoms with Crippen LogP contribution in [0.3, 0.4) is 0 Å².